The maximum absolute atomic E-state index is 12.5. The van der Waals surface area contributed by atoms with Crippen molar-refractivity contribution in [3.05, 3.63) is 47.0 Å². The molecule has 0 bridgehead atoms. The van der Waals surface area contributed by atoms with E-state index in [0.717, 1.165) is 5.56 Å². The van der Waals surface area contributed by atoms with E-state index in [9.17, 15) is 9.59 Å². The zero-order valence-electron chi connectivity index (χ0n) is 14.0. The second-order valence-corrected chi connectivity index (χ2v) is 6.71. The third kappa shape index (κ3) is 3.08. The summed E-state index contributed by atoms with van der Waals surface area (Å²) >= 11 is 5.92. The highest BCUT2D eigenvalue weighted by molar-refractivity contribution is 6.30. The van der Waals surface area contributed by atoms with Crippen molar-refractivity contribution < 1.29 is 23.8 Å². The molecule has 2 aliphatic heterocycles. The van der Waals surface area contributed by atoms with Gasteiger partial charge in [-0.3, -0.25) is 9.59 Å². The number of nitrogens with zero attached hydrogens (tertiary/aromatic N) is 1. The van der Waals surface area contributed by atoms with E-state index in [1.165, 1.54) is 0 Å². The van der Waals surface area contributed by atoms with E-state index in [-0.39, 0.29) is 25.7 Å². The van der Waals surface area contributed by atoms with Gasteiger partial charge >= 0.3 is 5.97 Å². The number of hydrogen-bond acceptors (Lipinski definition) is 5. The Morgan fingerprint density at radius 3 is 2.81 bits per heavy atom. The van der Waals surface area contributed by atoms with Crippen molar-refractivity contribution in [2.24, 2.45) is 5.92 Å². The first-order valence-corrected chi connectivity index (χ1v) is 8.57. The number of amides is 1. The van der Waals surface area contributed by atoms with Crippen molar-refractivity contribution in [3.63, 3.8) is 0 Å². The number of fused-ring (bicyclic) bond motifs is 1. The number of hydrogen-bond donors (Lipinski definition) is 0. The molecule has 6 nitrogen and oxygen atoms in total. The van der Waals surface area contributed by atoms with Crippen molar-refractivity contribution in [1.29, 1.82) is 0 Å². The van der Waals surface area contributed by atoms with Crippen LogP contribution in [0.25, 0.3) is 0 Å². The Hall–Kier alpha value is -2.73. The quantitative estimate of drug-likeness (QED) is 0.610. The van der Waals surface area contributed by atoms with Crippen molar-refractivity contribution in [2.45, 2.75) is 13.3 Å². The molecule has 0 saturated carbocycles. The number of anilines is 1. The standard InChI is InChI=1S/C19H16ClNO5/c1-11-6-13(20)2-4-15(11)26-19(23)12-7-18(22)21(9-12)14-3-5-16-17(8-14)25-10-24-16/h2-6,8,12H,7,9-10H2,1H3. The van der Waals surface area contributed by atoms with Crippen LogP contribution in [0.5, 0.6) is 17.2 Å². The average Bonchev–Trinajstić information content (AvgIpc) is 3.23. The van der Waals surface area contributed by atoms with Crippen LogP contribution in [0.3, 0.4) is 0 Å². The minimum Gasteiger partial charge on any atom is -0.454 e. The molecule has 26 heavy (non-hydrogen) atoms. The summed E-state index contributed by atoms with van der Waals surface area (Å²) in [4.78, 5) is 26.4. The largest absolute Gasteiger partial charge is 0.454 e. The van der Waals surface area contributed by atoms with Crippen molar-refractivity contribution in [2.75, 3.05) is 18.2 Å². The van der Waals surface area contributed by atoms with Crippen molar-refractivity contribution >= 4 is 29.2 Å². The summed E-state index contributed by atoms with van der Waals surface area (Å²) in [5.74, 6) is 0.620. The van der Waals surface area contributed by atoms with E-state index in [4.69, 9.17) is 25.8 Å². The van der Waals surface area contributed by atoms with Gasteiger partial charge in [-0.25, -0.2) is 0 Å². The number of halogens is 1. The molecule has 2 aromatic rings. The third-order valence-electron chi connectivity index (χ3n) is 4.47. The van der Waals surface area contributed by atoms with Gasteiger partial charge in [0.2, 0.25) is 12.7 Å². The fourth-order valence-corrected chi connectivity index (χ4v) is 3.31. The number of carbonyl (C=O) groups excluding carboxylic acids is 2. The minimum atomic E-state index is -0.525. The van der Waals surface area contributed by atoms with Gasteiger partial charge in [0.15, 0.2) is 11.5 Å². The summed E-state index contributed by atoms with van der Waals surface area (Å²) in [6.45, 7) is 2.25. The fourth-order valence-electron chi connectivity index (χ4n) is 3.09. The number of aryl methyl sites for hydroxylation is 1. The number of carbonyl (C=O) groups is 2. The molecule has 7 heteroatoms. The molecule has 0 radical (unpaired) electrons. The third-order valence-corrected chi connectivity index (χ3v) is 4.71. The van der Waals surface area contributed by atoms with Gasteiger partial charge in [-0.15, -0.1) is 0 Å². The summed E-state index contributed by atoms with van der Waals surface area (Å²) < 4.78 is 16.1. The molecule has 0 N–H and O–H groups in total. The number of benzene rings is 2. The van der Waals surface area contributed by atoms with Gasteiger partial charge in [-0.05, 0) is 42.8 Å². The normalized spacial score (nSPS) is 18.3. The fraction of sp³-hybridized carbons (Fsp3) is 0.263. The Morgan fingerprint density at radius 2 is 2.00 bits per heavy atom. The van der Waals surface area contributed by atoms with E-state index < -0.39 is 11.9 Å². The van der Waals surface area contributed by atoms with Crippen LogP contribution in [-0.2, 0) is 9.59 Å². The van der Waals surface area contributed by atoms with Crippen molar-refractivity contribution in [3.8, 4) is 17.2 Å². The molecule has 2 aromatic carbocycles. The summed E-state index contributed by atoms with van der Waals surface area (Å²) in [6.07, 6.45) is 0.111. The lowest BCUT2D eigenvalue weighted by Gasteiger charge is -2.17. The highest BCUT2D eigenvalue weighted by Crippen LogP contribution is 2.37. The first kappa shape index (κ1) is 16.7. The topological polar surface area (TPSA) is 65.1 Å². The van der Waals surface area contributed by atoms with Crippen LogP contribution in [0.1, 0.15) is 12.0 Å². The van der Waals surface area contributed by atoms with Gasteiger partial charge in [-0.1, -0.05) is 11.6 Å². The molecule has 1 amide bonds. The minimum absolute atomic E-state index is 0.111. The van der Waals surface area contributed by atoms with Crippen LogP contribution < -0.4 is 19.1 Å². The molecule has 0 aromatic heterocycles. The Balaban J connectivity index is 1.48. The molecule has 4 rings (SSSR count). The highest BCUT2D eigenvalue weighted by Gasteiger charge is 2.37. The molecular formula is C19H16ClNO5. The molecule has 2 aliphatic rings. The monoisotopic (exact) mass is 373 g/mol. The molecular weight excluding hydrogens is 358 g/mol. The van der Waals surface area contributed by atoms with Crippen LogP contribution >= 0.6 is 11.6 Å². The zero-order chi connectivity index (χ0) is 18.3. The van der Waals surface area contributed by atoms with Crippen LogP contribution in [-0.4, -0.2) is 25.2 Å². The van der Waals surface area contributed by atoms with Gasteiger partial charge in [0.05, 0.1) is 5.92 Å². The van der Waals surface area contributed by atoms with E-state index in [0.29, 0.717) is 28.0 Å². The Morgan fingerprint density at radius 1 is 1.19 bits per heavy atom. The molecule has 1 atom stereocenters. The predicted octanol–water partition coefficient (Wildman–Crippen LogP) is 3.34. The summed E-state index contributed by atoms with van der Waals surface area (Å²) in [7, 11) is 0. The zero-order valence-corrected chi connectivity index (χ0v) is 14.8. The van der Waals surface area contributed by atoms with E-state index in [1.54, 1.807) is 41.3 Å². The summed E-state index contributed by atoms with van der Waals surface area (Å²) in [6, 6.07) is 10.3. The number of ether oxygens (including phenoxy) is 3. The molecule has 1 fully saturated rings. The van der Waals surface area contributed by atoms with Crippen molar-refractivity contribution in [1.82, 2.24) is 0 Å². The van der Waals surface area contributed by atoms with E-state index in [2.05, 4.69) is 0 Å². The average molecular weight is 374 g/mol. The van der Waals surface area contributed by atoms with E-state index >= 15 is 0 Å². The Bertz CT molecular complexity index is 897. The number of esters is 1. The van der Waals surface area contributed by atoms with Crippen LogP contribution in [0.2, 0.25) is 5.02 Å². The maximum Gasteiger partial charge on any atom is 0.316 e. The molecule has 0 aliphatic carbocycles. The summed E-state index contributed by atoms with van der Waals surface area (Å²) in [5.41, 5.74) is 1.44. The van der Waals surface area contributed by atoms with Crippen LogP contribution in [0, 0.1) is 12.8 Å². The van der Waals surface area contributed by atoms with Gasteiger partial charge in [0.1, 0.15) is 5.75 Å². The first-order valence-electron chi connectivity index (χ1n) is 8.19. The van der Waals surface area contributed by atoms with Gasteiger partial charge < -0.3 is 19.1 Å². The SMILES string of the molecule is Cc1cc(Cl)ccc1OC(=O)C1CC(=O)N(c2ccc3c(c2)OCO3)C1. The van der Waals surface area contributed by atoms with E-state index in [1.807, 2.05) is 6.92 Å². The van der Waals surface area contributed by atoms with Crippen LogP contribution in [0.15, 0.2) is 36.4 Å². The number of rotatable bonds is 3. The second-order valence-electron chi connectivity index (χ2n) is 6.27. The van der Waals surface area contributed by atoms with Gasteiger partial charge in [0, 0.05) is 29.7 Å². The maximum atomic E-state index is 12.5. The molecule has 1 unspecified atom stereocenters. The second kappa shape index (κ2) is 6.53. The smallest absolute Gasteiger partial charge is 0.316 e. The molecule has 1 saturated heterocycles. The van der Waals surface area contributed by atoms with Gasteiger partial charge in [-0.2, -0.15) is 0 Å². The molecule has 0 spiro atoms. The lowest BCUT2D eigenvalue weighted by molar-refractivity contribution is -0.139. The molecule has 134 valence electrons. The predicted molar refractivity (Wildman–Crippen MR) is 94.8 cm³/mol. The molecule has 2 heterocycles. The lowest BCUT2D eigenvalue weighted by atomic mass is 10.1. The highest BCUT2D eigenvalue weighted by atomic mass is 35.5. The Labute approximate surface area is 155 Å². The Kier molecular flexibility index (Phi) is 4.20. The lowest BCUT2D eigenvalue weighted by Crippen LogP contribution is -2.27. The first-order chi connectivity index (χ1) is 12.5. The summed E-state index contributed by atoms with van der Waals surface area (Å²) in [5, 5.41) is 0.576. The van der Waals surface area contributed by atoms with Gasteiger partial charge in [0.25, 0.3) is 0 Å². The van der Waals surface area contributed by atoms with Crippen LogP contribution in [0.4, 0.5) is 5.69 Å².